The van der Waals surface area contributed by atoms with Crippen molar-refractivity contribution in [2.75, 3.05) is 5.32 Å². The van der Waals surface area contributed by atoms with E-state index in [0.717, 1.165) is 12.5 Å². The van der Waals surface area contributed by atoms with Gasteiger partial charge in [0.25, 0.3) is 0 Å². The van der Waals surface area contributed by atoms with E-state index in [4.69, 9.17) is 10.9 Å². The van der Waals surface area contributed by atoms with Gasteiger partial charge in [-0.1, -0.05) is 19.0 Å². The molecule has 0 saturated heterocycles. The molecular formula is C13H16FN3O2. The molecule has 1 fully saturated rings. The van der Waals surface area contributed by atoms with Gasteiger partial charge in [0.2, 0.25) is 5.91 Å². The Morgan fingerprint density at radius 3 is 2.74 bits per heavy atom. The average Bonchev–Trinajstić information content (AvgIpc) is 3.00. The first-order valence-corrected chi connectivity index (χ1v) is 5.93. The van der Waals surface area contributed by atoms with Crippen molar-refractivity contribution < 1.29 is 14.4 Å². The maximum atomic E-state index is 13.2. The monoisotopic (exact) mass is 265 g/mol. The van der Waals surface area contributed by atoms with Crippen molar-refractivity contribution >= 4 is 17.4 Å². The predicted octanol–water partition coefficient (Wildman–Crippen LogP) is 1.90. The summed E-state index contributed by atoms with van der Waals surface area (Å²) in [4.78, 5) is 12.0. The second kappa shape index (κ2) is 4.53. The molecule has 6 heteroatoms. The van der Waals surface area contributed by atoms with Gasteiger partial charge in [-0.05, 0) is 30.0 Å². The number of carbonyl (C=O) groups excluding carboxylic acids is 1. The lowest BCUT2D eigenvalue weighted by atomic mass is 10.1. The van der Waals surface area contributed by atoms with Gasteiger partial charge < -0.3 is 16.3 Å². The summed E-state index contributed by atoms with van der Waals surface area (Å²) >= 11 is 0. The SMILES string of the molecule is CC1(C)CC1C(=O)Nc1ccc(F)cc1/C(N)=N/O. The Kier molecular flexibility index (Phi) is 3.18. The number of carbonyl (C=O) groups is 1. The molecule has 2 rings (SSSR count). The van der Waals surface area contributed by atoms with Gasteiger partial charge in [0, 0.05) is 11.5 Å². The highest BCUT2D eigenvalue weighted by atomic mass is 19.1. The number of nitrogens with two attached hydrogens (primary N) is 1. The Bertz CT molecular complexity index is 555. The zero-order chi connectivity index (χ0) is 14.2. The maximum Gasteiger partial charge on any atom is 0.228 e. The summed E-state index contributed by atoms with van der Waals surface area (Å²) in [6.45, 7) is 4.01. The average molecular weight is 265 g/mol. The van der Waals surface area contributed by atoms with Crippen LogP contribution in [0.3, 0.4) is 0 Å². The molecule has 0 radical (unpaired) electrons. The maximum absolute atomic E-state index is 13.2. The Labute approximate surface area is 110 Å². The van der Waals surface area contributed by atoms with E-state index in [-0.39, 0.29) is 28.6 Å². The van der Waals surface area contributed by atoms with Crippen LogP contribution in [0.5, 0.6) is 0 Å². The predicted molar refractivity (Wildman–Crippen MR) is 69.4 cm³/mol. The van der Waals surface area contributed by atoms with Gasteiger partial charge in [-0.2, -0.15) is 0 Å². The summed E-state index contributed by atoms with van der Waals surface area (Å²) in [5.41, 5.74) is 5.97. The van der Waals surface area contributed by atoms with E-state index in [2.05, 4.69) is 10.5 Å². The number of halogens is 1. The number of nitrogens with one attached hydrogen (secondary N) is 1. The van der Waals surface area contributed by atoms with E-state index < -0.39 is 5.82 Å². The van der Waals surface area contributed by atoms with Crippen molar-refractivity contribution in [1.29, 1.82) is 0 Å². The molecule has 1 atom stereocenters. The lowest BCUT2D eigenvalue weighted by Gasteiger charge is -2.11. The number of oxime groups is 1. The van der Waals surface area contributed by atoms with Crippen molar-refractivity contribution in [3.8, 4) is 0 Å². The van der Waals surface area contributed by atoms with Crippen LogP contribution in [0.4, 0.5) is 10.1 Å². The van der Waals surface area contributed by atoms with Crippen LogP contribution in [0.15, 0.2) is 23.4 Å². The Balaban J connectivity index is 2.23. The minimum atomic E-state index is -0.522. The zero-order valence-corrected chi connectivity index (χ0v) is 10.8. The molecule has 1 aromatic rings. The standard InChI is InChI=1S/C13H16FN3O2/c1-13(2)6-9(13)12(18)16-10-4-3-7(14)5-8(10)11(15)17-19/h3-5,9,19H,6H2,1-2H3,(H2,15,17)(H,16,18). The highest BCUT2D eigenvalue weighted by Gasteiger charge is 2.50. The van der Waals surface area contributed by atoms with Crippen molar-refractivity contribution in [1.82, 2.24) is 0 Å². The minimum Gasteiger partial charge on any atom is -0.409 e. The van der Waals surface area contributed by atoms with E-state index in [1.165, 1.54) is 12.1 Å². The Morgan fingerprint density at radius 2 is 2.21 bits per heavy atom. The van der Waals surface area contributed by atoms with Crippen molar-refractivity contribution in [3.63, 3.8) is 0 Å². The summed E-state index contributed by atoms with van der Waals surface area (Å²) in [5.74, 6) is -0.961. The second-order valence-electron chi connectivity index (χ2n) is 5.41. The summed E-state index contributed by atoms with van der Waals surface area (Å²) in [6.07, 6.45) is 0.818. The van der Waals surface area contributed by atoms with Crippen molar-refractivity contribution in [2.45, 2.75) is 20.3 Å². The van der Waals surface area contributed by atoms with E-state index in [1.54, 1.807) is 0 Å². The van der Waals surface area contributed by atoms with Gasteiger partial charge in [-0.25, -0.2) is 4.39 Å². The van der Waals surface area contributed by atoms with E-state index >= 15 is 0 Å². The molecule has 102 valence electrons. The lowest BCUT2D eigenvalue weighted by Crippen LogP contribution is -2.21. The first-order valence-electron chi connectivity index (χ1n) is 5.93. The third-order valence-corrected chi connectivity index (χ3v) is 3.45. The van der Waals surface area contributed by atoms with Crippen LogP contribution in [-0.2, 0) is 4.79 Å². The van der Waals surface area contributed by atoms with Crippen molar-refractivity contribution in [3.05, 3.63) is 29.6 Å². The molecule has 1 saturated carbocycles. The van der Waals surface area contributed by atoms with Crippen LogP contribution in [0, 0.1) is 17.2 Å². The molecule has 0 aliphatic heterocycles. The molecule has 5 nitrogen and oxygen atoms in total. The highest BCUT2D eigenvalue weighted by molar-refractivity contribution is 6.06. The molecule has 4 N–H and O–H groups in total. The largest absolute Gasteiger partial charge is 0.409 e. The number of rotatable bonds is 3. The van der Waals surface area contributed by atoms with Crippen LogP contribution >= 0.6 is 0 Å². The fourth-order valence-electron chi connectivity index (χ4n) is 2.03. The molecule has 1 aliphatic carbocycles. The van der Waals surface area contributed by atoms with Crippen molar-refractivity contribution in [2.24, 2.45) is 22.2 Å². The van der Waals surface area contributed by atoms with Gasteiger partial charge in [0.1, 0.15) is 5.82 Å². The fraction of sp³-hybridized carbons (Fsp3) is 0.385. The van der Waals surface area contributed by atoms with Gasteiger partial charge in [0.15, 0.2) is 5.84 Å². The third-order valence-electron chi connectivity index (χ3n) is 3.45. The zero-order valence-electron chi connectivity index (χ0n) is 10.8. The van der Waals surface area contributed by atoms with Crippen LogP contribution in [-0.4, -0.2) is 17.0 Å². The number of benzene rings is 1. The second-order valence-corrected chi connectivity index (χ2v) is 5.41. The van der Waals surface area contributed by atoms with Crippen LogP contribution in [0.25, 0.3) is 0 Å². The third kappa shape index (κ3) is 2.67. The summed E-state index contributed by atoms with van der Waals surface area (Å²) in [5, 5.41) is 14.2. The molecule has 19 heavy (non-hydrogen) atoms. The summed E-state index contributed by atoms with van der Waals surface area (Å²) < 4.78 is 13.2. The quantitative estimate of drug-likeness (QED) is 0.337. The minimum absolute atomic E-state index is 0.000882. The molecule has 0 spiro atoms. The first kappa shape index (κ1) is 13.3. The molecule has 1 aliphatic rings. The van der Waals surface area contributed by atoms with Crippen LogP contribution < -0.4 is 11.1 Å². The number of anilines is 1. The smallest absolute Gasteiger partial charge is 0.228 e. The molecular weight excluding hydrogens is 249 g/mol. The normalized spacial score (nSPS) is 21.0. The number of hydrogen-bond acceptors (Lipinski definition) is 3. The Hall–Kier alpha value is -2.11. The molecule has 1 unspecified atom stereocenters. The van der Waals surface area contributed by atoms with Gasteiger partial charge in [-0.3, -0.25) is 4.79 Å². The number of amidine groups is 1. The number of hydrogen-bond donors (Lipinski definition) is 3. The fourth-order valence-corrected chi connectivity index (χ4v) is 2.03. The number of nitrogens with zero attached hydrogens (tertiary/aromatic N) is 1. The van der Waals surface area contributed by atoms with E-state index in [9.17, 15) is 9.18 Å². The summed E-state index contributed by atoms with van der Waals surface area (Å²) in [6, 6.07) is 3.72. The molecule has 1 aromatic carbocycles. The lowest BCUT2D eigenvalue weighted by molar-refractivity contribution is -0.118. The topological polar surface area (TPSA) is 87.7 Å². The first-order chi connectivity index (χ1) is 8.85. The van der Waals surface area contributed by atoms with Gasteiger partial charge in [0.05, 0.1) is 5.69 Å². The molecule has 0 bridgehead atoms. The van der Waals surface area contributed by atoms with Crippen LogP contribution in [0.1, 0.15) is 25.8 Å². The Morgan fingerprint density at radius 1 is 1.58 bits per heavy atom. The molecule has 0 heterocycles. The van der Waals surface area contributed by atoms with E-state index in [1.807, 2.05) is 13.8 Å². The highest BCUT2D eigenvalue weighted by Crippen LogP contribution is 2.52. The van der Waals surface area contributed by atoms with Gasteiger partial charge in [-0.15, -0.1) is 0 Å². The number of amides is 1. The summed E-state index contributed by atoms with van der Waals surface area (Å²) in [7, 11) is 0. The molecule has 1 amide bonds. The van der Waals surface area contributed by atoms with Gasteiger partial charge >= 0.3 is 0 Å². The molecule has 0 aromatic heterocycles. The van der Waals surface area contributed by atoms with Crippen LogP contribution in [0.2, 0.25) is 0 Å². The van der Waals surface area contributed by atoms with E-state index in [0.29, 0.717) is 5.69 Å².